The lowest BCUT2D eigenvalue weighted by Crippen LogP contribution is -2.58. The molecule has 2 saturated carbocycles. The number of aliphatic imine (C=N–C) groups is 2. The zero-order chi connectivity index (χ0) is 22.1. The zero-order valence-corrected chi connectivity index (χ0v) is 18.8. The largest absolute Gasteiger partial charge is 0.466 e. The normalized spacial score (nSPS) is 31.6. The number of nitrogens with one attached hydrogen (secondary N) is 1. The Kier molecular flexibility index (Phi) is 6.45. The summed E-state index contributed by atoms with van der Waals surface area (Å²) in [4.78, 5) is 46.9. The van der Waals surface area contributed by atoms with E-state index in [0.29, 0.717) is 18.1 Å². The van der Waals surface area contributed by atoms with E-state index in [-0.39, 0.29) is 30.4 Å². The summed E-state index contributed by atoms with van der Waals surface area (Å²) in [7, 11) is 0. The maximum absolute atomic E-state index is 13.1. The van der Waals surface area contributed by atoms with Gasteiger partial charge in [-0.1, -0.05) is 11.8 Å². The van der Waals surface area contributed by atoms with E-state index in [1.165, 1.54) is 11.8 Å². The van der Waals surface area contributed by atoms with Crippen molar-refractivity contribution in [1.29, 1.82) is 0 Å². The molecule has 1 aliphatic heterocycles. The molecule has 0 radical (unpaired) electrons. The van der Waals surface area contributed by atoms with E-state index in [1.54, 1.807) is 40.8 Å². The molecule has 2 fully saturated rings. The number of amides is 1. The Morgan fingerprint density at radius 3 is 2.50 bits per heavy atom. The number of thioether (sulfide) groups is 1. The topological polar surface area (TPSA) is 116 Å². The third kappa shape index (κ3) is 4.48. The van der Waals surface area contributed by atoms with Crippen molar-refractivity contribution in [2.75, 3.05) is 19.8 Å². The SMILES string of the molecule is CCOC(=O)[C@H]1[C@H]2[C@@H]1[C@](NC(=O)OC(C)(C)C)(C(=O)OCC)C[C@@H]2SC1=NCC=N1. The third-order valence-electron chi connectivity index (χ3n) is 5.29. The second-order valence-corrected chi connectivity index (χ2v) is 9.70. The Morgan fingerprint density at radius 2 is 1.93 bits per heavy atom. The molecule has 166 valence electrons. The number of hydrogen-bond donors (Lipinski definition) is 1. The number of hydrogen-bond acceptors (Lipinski definition) is 9. The van der Waals surface area contributed by atoms with Crippen LogP contribution in [-0.2, 0) is 23.8 Å². The molecule has 1 N–H and O–H groups in total. The Balaban J connectivity index is 1.90. The average Bonchev–Trinajstić information content (AvgIpc) is 3.03. The van der Waals surface area contributed by atoms with Crippen molar-refractivity contribution in [1.82, 2.24) is 5.32 Å². The van der Waals surface area contributed by atoms with Gasteiger partial charge in [0.2, 0.25) is 0 Å². The van der Waals surface area contributed by atoms with Crippen LogP contribution >= 0.6 is 11.8 Å². The molecule has 2 aliphatic carbocycles. The van der Waals surface area contributed by atoms with Crippen LogP contribution in [0.2, 0.25) is 0 Å². The average molecular weight is 440 g/mol. The first-order chi connectivity index (χ1) is 14.1. The Morgan fingerprint density at radius 1 is 1.23 bits per heavy atom. The molecule has 1 amide bonds. The molecule has 1 heterocycles. The lowest BCUT2D eigenvalue weighted by Gasteiger charge is -2.33. The van der Waals surface area contributed by atoms with Crippen LogP contribution in [0, 0.1) is 17.8 Å². The molecule has 3 aliphatic rings. The molecule has 3 rings (SSSR count). The van der Waals surface area contributed by atoms with Gasteiger partial charge in [0.15, 0.2) is 5.17 Å². The van der Waals surface area contributed by atoms with Crippen LogP contribution in [-0.4, -0.2) is 65.6 Å². The van der Waals surface area contributed by atoms with Gasteiger partial charge in [0, 0.05) is 17.4 Å². The predicted molar refractivity (Wildman–Crippen MR) is 113 cm³/mol. The predicted octanol–water partition coefficient (Wildman–Crippen LogP) is 2.18. The second-order valence-electron chi connectivity index (χ2n) is 8.50. The Bertz CT molecular complexity index is 777. The number of ether oxygens (including phenoxy) is 3. The summed E-state index contributed by atoms with van der Waals surface area (Å²) in [6.45, 7) is 9.60. The van der Waals surface area contributed by atoms with Gasteiger partial charge in [-0.15, -0.1) is 0 Å². The number of esters is 2. The molecule has 0 bridgehead atoms. The maximum Gasteiger partial charge on any atom is 0.408 e. The molecular weight excluding hydrogens is 410 g/mol. The maximum atomic E-state index is 13.1. The molecule has 0 aromatic rings. The molecule has 0 saturated heterocycles. The lowest BCUT2D eigenvalue weighted by molar-refractivity contribution is -0.153. The van der Waals surface area contributed by atoms with Crippen LogP contribution in [0.25, 0.3) is 0 Å². The van der Waals surface area contributed by atoms with E-state index in [9.17, 15) is 14.4 Å². The molecule has 0 spiro atoms. The number of alkyl carbamates (subject to hydrolysis) is 1. The lowest BCUT2D eigenvalue weighted by atomic mass is 9.90. The summed E-state index contributed by atoms with van der Waals surface area (Å²) >= 11 is 1.43. The first kappa shape index (κ1) is 22.6. The fourth-order valence-corrected chi connectivity index (χ4v) is 5.71. The number of amidine groups is 1. The fraction of sp³-hybridized carbons (Fsp3) is 0.750. The molecule has 10 heteroatoms. The van der Waals surface area contributed by atoms with Gasteiger partial charge in [-0.2, -0.15) is 0 Å². The highest BCUT2D eigenvalue weighted by Crippen LogP contribution is 2.66. The quantitative estimate of drug-likeness (QED) is 0.498. The summed E-state index contributed by atoms with van der Waals surface area (Å²) in [5, 5.41) is 3.25. The molecule has 0 unspecified atom stereocenters. The standard InChI is InChI=1S/C20H29N3O6S/c1-6-27-15(24)13-12-11(30-17-21-8-9-22-17)10-20(14(12)13,16(25)28-7-2)23-18(26)29-19(3,4)5/h8,11-14H,6-7,9-10H2,1-5H3,(H,23,26)/t11-,12-,13-,14-,20-/m0/s1. The first-order valence-electron chi connectivity index (χ1n) is 10.2. The van der Waals surface area contributed by atoms with Crippen LogP contribution in [0.1, 0.15) is 41.0 Å². The van der Waals surface area contributed by atoms with E-state index >= 15 is 0 Å². The van der Waals surface area contributed by atoms with E-state index in [0.717, 1.165) is 0 Å². The highest BCUT2D eigenvalue weighted by Gasteiger charge is 2.76. The van der Waals surface area contributed by atoms with Gasteiger partial charge in [0.1, 0.15) is 11.1 Å². The van der Waals surface area contributed by atoms with Crippen LogP contribution in [0.4, 0.5) is 4.79 Å². The molecule has 0 aromatic heterocycles. The second kappa shape index (κ2) is 8.56. The summed E-state index contributed by atoms with van der Waals surface area (Å²) in [6, 6.07) is 0. The zero-order valence-electron chi connectivity index (χ0n) is 18.0. The van der Waals surface area contributed by atoms with Crippen molar-refractivity contribution < 1.29 is 28.6 Å². The fourth-order valence-electron chi connectivity index (χ4n) is 4.32. The van der Waals surface area contributed by atoms with Crippen LogP contribution in [0.15, 0.2) is 9.98 Å². The van der Waals surface area contributed by atoms with E-state index in [4.69, 9.17) is 14.2 Å². The van der Waals surface area contributed by atoms with Crippen LogP contribution in [0.5, 0.6) is 0 Å². The van der Waals surface area contributed by atoms with Gasteiger partial charge in [-0.25, -0.2) is 14.6 Å². The minimum absolute atomic E-state index is 0.141. The minimum atomic E-state index is -1.36. The number of carbonyl (C=O) groups is 3. The molecule has 5 atom stereocenters. The highest BCUT2D eigenvalue weighted by atomic mass is 32.2. The van der Waals surface area contributed by atoms with E-state index in [2.05, 4.69) is 15.3 Å². The molecule has 9 nitrogen and oxygen atoms in total. The van der Waals surface area contributed by atoms with Crippen molar-refractivity contribution >= 4 is 41.2 Å². The van der Waals surface area contributed by atoms with Gasteiger partial charge >= 0.3 is 18.0 Å². The van der Waals surface area contributed by atoms with Crippen molar-refractivity contribution in [2.24, 2.45) is 27.7 Å². The summed E-state index contributed by atoms with van der Waals surface area (Å²) in [6.07, 6.45) is 1.29. The van der Waals surface area contributed by atoms with Crippen LogP contribution in [0.3, 0.4) is 0 Å². The van der Waals surface area contributed by atoms with Gasteiger partial charge in [0.25, 0.3) is 0 Å². The van der Waals surface area contributed by atoms with Crippen molar-refractivity contribution in [3.63, 3.8) is 0 Å². The summed E-state index contributed by atoms with van der Waals surface area (Å²) in [5.41, 5.74) is -2.09. The number of rotatable bonds is 6. The van der Waals surface area contributed by atoms with Gasteiger partial charge in [-0.05, 0) is 47.0 Å². The molecular formula is C20H29N3O6S. The van der Waals surface area contributed by atoms with E-state index < -0.39 is 35.0 Å². The van der Waals surface area contributed by atoms with Crippen LogP contribution < -0.4 is 5.32 Å². The van der Waals surface area contributed by atoms with Gasteiger partial charge < -0.3 is 19.5 Å². The molecule has 30 heavy (non-hydrogen) atoms. The summed E-state index contributed by atoms with van der Waals surface area (Å²) < 4.78 is 16.0. The Labute approximate surface area is 180 Å². The monoisotopic (exact) mass is 439 g/mol. The highest BCUT2D eigenvalue weighted by molar-refractivity contribution is 8.14. The van der Waals surface area contributed by atoms with Gasteiger partial charge in [0.05, 0.1) is 25.7 Å². The first-order valence-corrected chi connectivity index (χ1v) is 11.1. The number of nitrogens with zero attached hydrogens (tertiary/aromatic N) is 2. The smallest absolute Gasteiger partial charge is 0.408 e. The van der Waals surface area contributed by atoms with Crippen molar-refractivity contribution in [3.8, 4) is 0 Å². The van der Waals surface area contributed by atoms with Crippen molar-refractivity contribution in [3.05, 3.63) is 0 Å². The summed E-state index contributed by atoms with van der Waals surface area (Å²) in [5.74, 6) is -1.99. The number of fused-ring (bicyclic) bond motifs is 1. The van der Waals surface area contributed by atoms with Crippen molar-refractivity contribution in [2.45, 2.75) is 57.4 Å². The Hall–Kier alpha value is -2.10. The molecule has 0 aromatic carbocycles. The minimum Gasteiger partial charge on any atom is -0.466 e. The number of carbonyl (C=O) groups excluding carboxylic acids is 3. The van der Waals surface area contributed by atoms with E-state index in [1.807, 2.05) is 0 Å². The third-order valence-corrected chi connectivity index (χ3v) is 6.52. The van der Waals surface area contributed by atoms with Gasteiger partial charge in [-0.3, -0.25) is 9.79 Å².